The zero-order valence-electron chi connectivity index (χ0n) is 18.0. The number of H-pyrrole nitrogens is 1. The highest BCUT2D eigenvalue weighted by molar-refractivity contribution is 5.89. The highest BCUT2D eigenvalue weighted by atomic mass is 19.4. The molecule has 33 heavy (non-hydrogen) atoms. The number of halogens is 3. The zero-order chi connectivity index (χ0) is 23.2. The van der Waals surface area contributed by atoms with E-state index in [0.29, 0.717) is 25.0 Å². The van der Waals surface area contributed by atoms with E-state index in [4.69, 9.17) is 4.74 Å². The fourth-order valence-corrected chi connectivity index (χ4v) is 5.39. The first-order valence-electron chi connectivity index (χ1n) is 10.9. The van der Waals surface area contributed by atoms with E-state index >= 15 is 0 Å². The average molecular weight is 459 g/mol. The number of rotatable bonds is 4. The molecule has 3 atom stereocenters. The van der Waals surface area contributed by atoms with Gasteiger partial charge in [-0.3, -0.25) is 4.79 Å². The van der Waals surface area contributed by atoms with Gasteiger partial charge in [-0.1, -0.05) is 30.3 Å². The number of hydrogen-bond acceptors (Lipinski definition) is 5. The summed E-state index contributed by atoms with van der Waals surface area (Å²) in [6.07, 6.45) is 0.249. The fraction of sp³-hybridized carbons (Fsp3) is 0.435. The van der Waals surface area contributed by atoms with E-state index in [1.54, 1.807) is 12.3 Å². The van der Waals surface area contributed by atoms with Gasteiger partial charge < -0.3 is 19.5 Å². The number of carbonyl (C=O) groups is 1. The van der Waals surface area contributed by atoms with Crippen molar-refractivity contribution in [1.82, 2.24) is 19.9 Å². The molecule has 4 heterocycles. The van der Waals surface area contributed by atoms with Crippen LogP contribution in [-0.4, -0.2) is 64.2 Å². The van der Waals surface area contributed by atoms with Crippen molar-refractivity contribution in [2.75, 3.05) is 25.1 Å². The molecule has 2 aliphatic heterocycles. The number of aromatic amines is 1. The Morgan fingerprint density at radius 3 is 2.61 bits per heavy atom. The normalized spacial score (nSPS) is 22.9. The summed E-state index contributed by atoms with van der Waals surface area (Å²) in [5.74, 6) is -0.324. The van der Waals surface area contributed by atoms with Gasteiger partial charge in [-0.25, -0.2) is 9.97 Å². The van der Waals surface area contributed by atoms with Crippen LogP contribution in [0.5, 0.6) is 0 Å². The van der Waals surface area contributed by atoms with Crippen LogP contribution in [0.25, 0.3) is 11.0 Å². The second kappa shape index (κ2) is 8.02. The maximum Gasteiger partial charge on any atom is 0.430 e. The molecule has 174 valence electrons. The molecular formula is C23H24F3N5O2. The van der Waals surface area contributed by atoms with Crippen LogP contribution >= 0.6 is 0 Å². The topological polar surface area (TPSA) is 74.3 Å². The van der Waals surface area contributed by atoms with Crippen molar-refractivity contribution in [2.24, 2.45) is 0 Å². The summed E-state index contributed by atoms with van der Waals surface area (Å²) in [5, 5.41) is 0.854. The Balaban J connectivity index is 1.51. The lowest BCUT2D eigenvalue weighted by Crippen LogP contribution is -2.62. The van der Waals surface area contributed by atoms with Crippen molar-refractivity contribution in [3.63, 3.8) is 0 Å². The third-order valence-electron chi connectivity index (χ3n) is 6.86. The maximum atomic E-state index is 14.5. The van der Waals surface area contributed by atoms with Gasteiger partial charge >= 0.3 is 6.18 Å². The van der Waals surface area contributed by atoms with Crippen molar-refractivity contribution in [1.29, 1.82) is 0 Å². The molecule has 0 spiro atoms. The van der Waals surface area contributed by atoms with Crippen LogP contribution in [0, 0.1) is 0 Å². The van der Waals surface area contributed by atoms with Crippen molar-refractivity contribution >= 4 is 22.8 Å². The molecule has 1 N–H and O–H groups in total. The van der Waals surface area contributed by atoms with Gasteiger partial charge in [0.2, 0.25) is 0 Å². The molecule has 0 bridgehead atoms. The predicted molar refractivity (Wildman–Crippen MR) is 116 cm³/mol. The lowest BCUT2D eigenvalue weighted by molar-refractivity contribution is -0.271. The number of piperidine rings is 1. The van der Waals surface area contributed by atoms with Gasteiger partial charge in [-0.05, 0) is 25.3 Å². The van der Waals surface area contributed by atoms with Crippen LogP contribution in [0.3, 0.4) is 0 Å². The van der Waals surface area contributed by atoms with E-state index in [9.17, 15) is 18.0 Å². The number of anilines is 1. The summed E-state index contributed by atoms with van der Waals surface area (Å²) >= 11 is 0. The molecule has 1 unspecified atom stereocenters. The number of nitrogens with zero attached hydrogens (tertiary/aromatic N) is 4. The molecule has 2 saturated heterocycles. The van der Waals surface area contributed by atoms with Gasteiger partial charge in [0.1, 0.15) is 17.8 Å². The minimum atomic E-state index is -4.92. The molecule has 2 aromatic heterocycles. The molecule has 3 aromatic rings. The Morgan fingerprint density at radius 1 is 1.09 bits per heavy atom. The first-order chi connectivity index (χ1) is 15.9. The number of likely N-dealkylation sites (tertiary alicyclic amines) is 1. The summed E-state index contributed by atoms with van der Waals surface area (Å²) in [5.41, 5.74) is -2.56. The second-order valence-corrected chi connectivity index (χ2v) is 8.44. The fourth-order valence-electron chi connectivity index (χ4n) is 5.39. The van der Waals surface area contributed by atoms with Gasteiger partial charge in [0.25, 0.3) is 11.5 Å². The van der Waals surface area contributed by atoms with Crippen LogP contribution in [0.15, 0.2) is 48.9 Å². The highest BCUT2D eigenvalue weighted by Crippen LogP contribution is 2.45. The van der Waals surface area contributed by atoms with Crippen LogP contribution in [0.4, 0.5) is 19.0 Å². The predicted octanol–water partition coefficient (Wildman–Crippen LogP) is 3.63. The zero-order valence-corrected chi connectivity index (χ0v) is 18.0. The maximum absolute atomic E-state index is 14.5. The summed E-state index contributed by atoms with van der Waals surface area (Å²) in [6.45, 7) is 0.846. The third-order valence-corrected chi connectivity index (χ3v) is 6.86. The molecule has 5 rings (SSSR count). The van der Waals surface area contributed by atoms with Gasteiger partial charge in [-0.2, -0.15) is 13.2 Å². The summed E-state index contributed by atoms with van der Waals surface area (Å²) in [4.78, 5) is 28.9. The van der Waals surface area contributed by atoms with E-state index < -0.39 is 17.7 Å². The molecule has 7 nitrogen and oxygen atoms in total. The third kappa shape index (κ3) is 3.26. The summed E-state index contributed by atoms with van der Waals surface area (Å²) < 4.78 is 48.5. The highest BCUT2D eigenvalue weighted by Gasteiger charge is 2.65. The van der Waals surface area contributed by atoms with Crippen LogP contribution in [-0.2, 0) is 15.1 Å². The van der Waals surface area contributed by atoms with Crippen LogP contribution in [0.1, 0.15) is 24.8 Å². The first kappa shape index (κ1) is 21.7. The van der Waals surface area contributed by atoms with E-state index in [0.717, 1.165) is 24.7 Å². The number of amides is 1. The minimum Gasteiger partial charge on any atom is -0.356 e. The Morgan fingerprint density at radius 2 is 1.88 bits per heavy atom. The van der Waals surface area contributed by atoms with E-state index in [1.165, 1.54) is 35.5 Å². The number of fused-ring (bicyclic) bond motifs is 2. The Hall–Kier alpha value is -3.14. The molecular weight excluding hydrogens is 435 g/mol. The van der Waals surface area contributed by atoms with Crippen molar-refractivity contribution < 1.29 is 22.7 Å². The number of nitrogens with one attached hydrogen (secondary N) is 1. The molecule has 1 amide bonds. The Kier molecular flexibility index (Phi) is 5.27. The number of aromatic nitrogens is 3. The molecule has 1 aromatic carbocycles. The van der Waals surface area contributed by atoms with E-state index in [1.807, 2.05) is 6.07 Å². The lowest BCUT2D eigenvalue weighted by atomic mass is 9.88. The monoisotopic (exact) mass is 459 g/mol. The minimum absolute atomic E-state index is 0.130. The number of hydrogen-bond donors (Lipinski definition) is 1. The Bertz CT molecular complexity index is 1150. The van der Waals surface area contributed by atoms with E-state index in [-0.39, 0.29) is 24.2 Å². The van der Waals surface area contributed by atoms with Crippen LogP contribution < -0.4 is 4.90 Å². The van der Waals surface area contributed by atoms with Gasteiger partial charge in [0.05, 0.1) is 17.5 Å². The van der Waals surface area contributed by atoms with Gasteiger partial charge in [0.15, 0.2) is 0 Å². The smallest absolute Gasteiger partial charge is 0.356 e. The first-order valence-corrected chi connectivity index (χ1v) is 10.9. The molecule has 2 aliphatic rings. The van der Waals surface area contributed by atoms with E-state index in [2.05, 4.69) is 19.9 Å². The quantitative estimate of drug-likeness (QED) is 0.645. The largest absolute Gasteiger partial charge is 0.430 e. The molecule has 0 radical (unpaired) electrons. The van der Waals surface area contributed by atoms with Crippen molar-refractivity contribution in [2.45, 2.75) is 43.1 Å². The SMILES string of the molecule is CO[C@](C(=O)N1CCC[C@@H]2C1CCN2c1ncnc2[nH]ccc12)(c1ccccc1)C(F)(F)F. The summed E-state index contributed by atoms with van der Waals surface area (Å²) in [6, 6.07) is 8.55. The van der Waals surface area contributed by atoms with Gasteiger partial charge in [-0.15, -0.1) is 0 Å². The van der Waals surface area contributed by atoms with Crippen LogP contribution in [0.2, 0.25) is 0 Å². The summed E-state index contributed by atoms with van der Waals surface area (Å²) in [7, 11) is 0.949. The van der Waals surface area contributed by atoms with Crippen molar-refractivity contribution in [3.8, 4) is 0 Å². The number of ether oxygens (including phenoxy) is 1. The number of carbonyl (C=O) groups excluding carboxylic acids is 1. The number of methoxy groups -OCH3 is 1. The standard InChI is InChI=1S/C23H24F3N5O2/c1-33-22(23(24,25)26,15-6-3-2-4-7-15)21(32)31-12-5-8-17-18(31)10-13-30(17)20-16-9-11-27-19(16)28-14-29-20/h2-4,6-7,9,11,14,17-18H,5,8,10,12-13H2,1H3,(H,27,28,29)/t17-,18?,22+/m1/s1. The Labute approximate surface area is 188 Å². The average Bonchev–Trinajstić information content (AvgIpc) is 3.46. The molecule has 2 fully saturated rings. The molecule has 0 aliphatic carbocycles. The number of alkyl halides is 3. The lowest BCUT2D eigenvalue weighted by Gasteiger charge is -2.44. The van der Waals surface area contributed by atoms with Gasteiger partial charge in [0, 0.05) is 32.0 Å². The molecule has 0 saturated carbocycles. The van der Waals surface area contributed by atoms with Crippen molar-refractivity contribution in [3.05, 3.63) is 54.5 Å². The second-order valence-electron chi connectivity index (χ2n) is 8.44. The number of benzene rings is 1. The molecule has 10 heteroatoms.